The van der Waals surface area contributed by atoms with Gasteiger partial charge in [-0.25, -0.2) is 0 Å². The van der Waals surface area contributed by atoms with Crippen molar-refractivity contribution < 1.29 is 14.3 Å². The van der Waals surface area contributed by atoms with Crippen molar-refractivity contribution >= 4 is 41.7 Å². The predicted molar refractivity (Wildman–Crippen MR) is 116 cm³/mol. The molecule has 3 rings (SSSR count). The lowest BCUT2D eigenvalue weighted by Gasteiger charge is -2.57. The maximum Gasteiger partial charge on any atom is 0.253 e. The van der Waals surface area contributed by atoms with Crippen LogP contribution in [0.3, 0.4) is 0 Å². The Morgan fingerprint density at radius 1 is 1.32 bits per heavy atom. The Labute approximate surface area is 177 Å². The van der Waals surface area contributed by atoms with Crippen molar-refractivity contribution in [2.45, 2.75) is 38.8 Å². The van der Waals surface area contributed by atoms with Crippen molar-refractivity contribution in [3.8, 4) is 0 Å². The standard InChI is InChI=1S/C20H29N3O3S.ClH/c1-4-26-16-13-20(21,19(16,2)3)18(25)22-15-7-5-6-14(12-15)17(24)23-8-10-27-11-9-23;/h5-7,12,16H,4,8-11,13,21H2,1-3H3,(H,22,25);1H. The van der Waals surface area contributed by atoms with E-state index >= 15 is 0 Å². The molecule has 2 unspecified atom stereocenters. The van der Waals surface area contributed by atoms with E-state index < -0.39 is 11.0 Å². The molecule has 1 saturated carbocycles. The van der Waals surface area contributed by atoms with Crippen LogP contribution in [0.1, 0.15) is 37.6 Å². The SMILES string of the molecule is CCOC1CC(N)(C(=O)Nc2cccc(C(=O)N3CCSCC3)c2)C1(C)C.Cl. The van der Waals surface area contributed by atoms with Gasteiger partial charge in [-0.05, 0) is 25.1 Å². The Hall–Kier alpha value is -1.28. The van der Waals surface area contributed by atoms with Crippen LogP contribution in [0.4, 0.5) is 5.69 Å². The molecule has 28 heavy (non-hydrogen) atoms. The molecule has 3 N–H and O–H groups in total. The van der Waals surface area contributed by atoms with Crippen molar-refractivity contribution in [3.05, 3.63) is 29.8 Å². The Balaban J connectivity index is 0.00000280. The lowest BCUT2D eigenvalue weighted by Crippen LogP contribution is -2.74. The number of amides is 2. The lowest BCUT2D eigenvalue weighted by atomic mass is 9.54. The summed E-state index contributed by atoms with van der Waals surface area (Å²) >= 11 is 1.86. The fraction of sp³-hybridized carbons (Fsp3) is 0.600. The van der Waals surface area contributed by atoms with Crippen LogP contribution in [0, 0.1) is 5.41 Å². The summed E-state index contributed by atoms with van der Waals surface area (Å²) in [6.07, 6.45) is 0.465. The van der Waals surface area contributed by atoms with E-state index in [-0.39, 0.29) is 30.3 Å². The molecule has 2 atom stereocenters. The number of hydrogen-bond acceptors (Lipinski definition) is 5. The van der Waals surface area contributed by atoms with Gasteiger partial charge in [0, 0.05) is 54.3 Å². The van der Waals surface area contributed by atoms with Gasteiger partial charge in [-0.1, -0.05) is 19.9 Å². The molecule has 1 aliphatic heterocycles. The maximum atomic E-state index is 12.9. The second kappa shape index (κ2) is 9.03. The van der Waals surface area contributed by atoms with E-state index in [1.165, 1.54) is 0 Å². The second-order valence-electron chi connectivity index (χ2n) is 7.78. The van der Waals surface area contributed by atoms with Crippen LogP contribution in [0.15, 0.2) is 24.3 Å². The number of ether oxygens (including phenoxy) is 1. The first-order valence-corrected chi connectivity index (χ1v) is 10.6. The van der Waals surface area contributed by atoms with Crippen molar-refractivity contribution in [2.24, 2.45) is 11.1 Å². The third-order valence-electron chi connectivity index (χ3n) is 5.90. The smallest absolute Gasteiger partial charge is 0.253 e. The molecule has 8 heteroatoms. The van der Waals surface area contributed by atoms with E-state index in [9.17, 15) is 9.59 Å². The van der Waals surface area contributed by atoms with E-state index in [1.54, 1.807) is 24.3 Å². The predicted octanol–water partition coefficient (Wildman–Crippen LogP) is 2.77. The van der Waals surface area contributed by atoms with Gasteiger partial charge in [0.05, 0.1) is 6.10 Å². The average molecular weight is 428 g/mol. The normalized spacial score (nSPS) is 26.0. The highest BCUT2D eigenvalue weighted by Gasteiger charge is 2.62. The summed E-state index contributed by atoms with van der Waals surface area (Å²) in [4.78, 5) is 27.4. The van der Waals surface area contributed by atoms with E-state index in [4.69, 9.17) is 10.5 Å². The summed E-state index contributed by atoms with van der Waals surface area (Å²) in [6, 6.07) is 7.10. The summed E-state index contributed by atoms with van der Waals surface area (Å²) in [5.74, 6) is 1.71. The Morgan fingerprint density at radius 2 is 2.00 bits per heavy atom. The van der Waals surface area contributed by atoms with Crippen molar-refractivity contribution in [1.82, 2.24) is 4.90 Å². The molecule has 0 spiro atoms. The molecular weight excluding hydrogens is 398 g/mol. The summed E-state index contributed by atoms with van der Waals surface area (Å²) in [5.41, 5.74) is 6.18. The summed E-state index contributed by atoms with van der Waals surface area (Å²) in [6.45, 7) is 7.99. The van der Waals surface area contributed by atoms with Gasteiger partial charge in [-0.3, -0.25) is 9.59 Å². The number of nitrogens with two attached hydrogens (primary N) is 1. The summed E-state index contributed by atoms with van der Waals surface area (Å²) in [7, 11) is 0. The highest BCUT2D eigenvalue weighted by atomic mass is 35.5. The van der Waals surface area contributed by atoms with Gasteiger partial charge in [0.2, 0.25) is 5.91 Å². The van der Waals surface area contributed by atoms with Gasteiger partial charge in [-0.15, -0.1) is 12.4 Å². The van der Waals surface area contributed by atoms with Gasteiger partial charge in [0.25, 0.3) is 5.91 Å². The molecule has 2 aliphatic rings. The van der Waals surface area contributed by atoms with Crippen LogP contribution in [-0.4, -0.2) is 59.6 Å². The highest BCUT2D eigenvalue weighted by molar-refractivity contribution is 7.99. The number of nitrogens with one attached hydrogen (secondary N) is 1. The molecule has 0 radical (unpaired) electrons. The number of hydrogen-bond donors (Lipinski definition) is 2. The molecular formula is C20H30ClN3O3S. The number of halogens is 1. The van der Waals surface area contributed by atoms with Crippen LogP contribution >= 0.6 is 24.2 Å². The van der Waals surface area contributed by atoms with Crippen molar-refractivity contribution in [3.63, 3.8) is 0 Å². The van der Waals surface area contributed by atoms with Gasteiger partial charge >= 0.3 is 0 Å². The minimum Gasteiger partial charge on any atom is -0.378 e. The number of thioether (sulfide) groups is 1. The van der Waals surface area contributed by atoms with E-state index in [1.807, 2.05) is 37.4 Å². The zero-order valence-corrected chi connectivity index (χ0v) is 18.3. The Kier molecular flexibility index (Phi) is 7.42. The average Bonchev–Trinajstić information content (AvgIpc) is 2.68. The number of anilines is 1. The molecule has 1 aromatic rings. The molecule has 6 nitrogen and oxygen atoms in total. The summed E-state index contributed by atoms with van der Waals surface area (Å²) < 4.78 is 5.69. The number of benzene rings is 1. The first-order valence-electron chi connectivity index (χ1n) is 9.48. The molecule has 156 valence electrons. The van der Waals surface area contributed by atoms with Gasteiger partial charge in [0.1, 0.15) is 5.54 Å². The third kappa shape index (κ3) is 4.17. The summed E-state index contributed by atoms with van der Waals surface area (Å²) in [5, 5.41) is 2.91. The largest absolute Gasteiger partial charge is 0.378 e. The van der Waals surface area contributed by atoms with E-state index in [0.717, 1.165) is 24.6 Å². The molecule has 2 amide bonds. The maximum absolute atomic E-state index is 12.9. The molecule has 0 aromatic heterocycles. The minimum atomic E-state index is -0.989. The monoisotopic (exact) mass is 427 g/mol. The van der Waals surface area contributed by atoms with E-state index in [0.29, 0.717) is 24.3 Å². The highest BCUT2D eigenvalue weighted by Crippen LogP contribution is 2.50. The fourth-order valence-corrected chi connectivity index (χ4v) is 4.65. The Morgan fingerprint density at radius 3 is 2.61 bits per heavy atom. The van der Waals surface area contributed by atoms with Crippen LogP contribution in [0.2, 0.25) is 0 Å². The minimum absolute atomic E-state index is 0. The number of carbonyl (C=O) groups excluding carboxylic acids is 2. The number of rotatable bonds is 5. The molecule has 1 saturated heterocycles. The quantitative estimate of drug-likeness (QED) is 0.754. The first-order chi connectivity index (χ1) is 12.8. The van der Waals surface area contributed by atoms with Crippen LogP contribution in [-0.2, 0) is 9.53 Å². The topological polar surface area (TPSA) is 84.7 Å². The molecule has 1 aromatic carbocycles. The first kappa shape index (κ1) is 23.0. The Bertz CT molecular complexity index is 724. The molecule has 0 bridgehead atoms. The number of carbonyl (C=O) groups is 2. The second-order valence-corrected chi connectivity index (χ2v) is 9.01. The molecule has 2 fully saturated rings. The van der Waals surface area contributed by atoms with Gasteiger partial charge in [0.15, 0.2) is 0 Å². The van der Waals surface area contributed by atoms with Crippen molar-refractivity contribution in [1.29, 1.82) is 0 Å². The van der Waals surface area contributed by atoms with Crippen molar-refractivity contribution in [2.75, 3.05) is 36.5 Å². The number of nitrogens with zero attached hydrogens (tertiary/aromatic N) is 1. The molecule has 1 heterocycles. The zero-order chi connectivity index (χ0) is 19.7. The lowest BCUT2D eigenvalue weighted by molar-refractivity contribution is -0.166. The van der Waals surface area contributed by atoms with E-state index in [2.05, 4.69) is 5.32 Å². The fourth-order valence-electron chi connectivity index (χ4n) is 3.74. The van der Waals surface area contributed by atoms with Crippen LogP contribution in [0.5, 0.6) is 0 Å². The third-order valence-corrected chi connectivity index (χ3v) is 6.84. The zero-order valence-electron chi connectivity index (χ0n) is 16.7. The van der Waals surface area contributed by atoms with Crippen LogP contribution < -0.4 is 11.1 Å². The van der Waals surface area contributed by atoms with Gasteiger partial charge < -0.3 is 20.7 Å². The molecule has 1 aliphatic carbocycles. The van der Waals surface area contributed by atoms with Crippen LogP contribution in [0.25, 0.3) is 0 Å². The van der Waals surface area contributed by atoms with Gasteiger partial charge in [-0.2, -0.15) is 11.8 Å².